The van der Waals surface area contributed by atoms with Crippen LogP contribution in [0, 0.1) is 0 Å². The lowest BCUT2D eigenvalue weighted by molar-refractivity contribution is -0.120. The van der Waals surface area contributed by atoms with Crippen molar-refractivity contribution in [1.29, 1.82) is 0 Å². The number of rotatable bonds is 8. The Hall–Kier alpha value is -1.63. The maximum absolute atomic E-state index is 11.8. The minimum absolute atomic E-state index is 0. The molecule has 0 aliphatic carbocycles. The van der Waals surface area contributed by atoms with Crippen LogP contribution in [0.25, 0.3) is 11.0 Å². The number of hydrogen-bond acceptors (Lipinski definition) is 4. The van der Waals surface area contributed by atoms with Crippen molar-refractivity contribution in [3.8, 4) is 0 Å². The summed E-state index contributed by atoms with van der Waals surface area (Å²) in [6.45, 7) is 2.82. The van der Waals surface area contributed by atoms with Gasteiger partial charge in [-0.05, 0) is 17.7 Å². The van der Waals surface area contributed by atoms with Crippen LogP contribution in [0.3, 0.4) is 0 Å². The van der Waals surface area contributed by atoms with Crippen LogP contribution in [-0.2, 0) is 16.0 Å². The molecule has 0 unspecified atom stereocenters. The Balaban J connectivity index is 0.00000220. The number of aromatic amines is 1. The van der Waals surface area contributed by atoms with Crippen LogP contribution in [0.5, 0.6) is 0 Å². The van der Waals surface area contributed by atoms with Gasteiger partial charge in [-0.3, -0.25) is 4.79 Å². The van der Waals surface area contributed by atoms with E-state index < -0.39 is 0 Å². The van der Waals surface area contributed by atoms with E-state index in [1.54, 1.807) is 13.3 Å². The molecule has 3 N–H and O–H groups in total. The van der Waals surface area contributed by atoms with Crippen LogP contribution in [0.2, 0.25) is 0 Å². The summed E-state index contributed by atoms with van der Waals surface area (Å²) in [5.41, 5.74) is 1.79. The van der Waals surface area contributed by atoms with Gasteiger partial charge in [0.1, 0.15) is 5.65 Å². The number of pyridine rings is 1. The van der Waals surface area contributed by atoms with Crippen molar-refractivity contribution in [3.05, 3.63) is 30.1 Å². The first-order valence-corrected chi connectivity index (χ1v) is 6.68. The van der Waals surface area contributed by atoms with Gasteiger partial charge in [-0.25, -0.2) is 4.98 Å². The predicted molar refractivity (Wildman–Crippen MR) is 84.8 cm³/mol. The highest BCUT2D eigenvalue weighted by Gasteiger charge is 2.08. The highest BCUT2D eigenvalue weighted by Crippen LogP contribution is 2.15. The van der Waals surface area contributed by atoms with Gasteiger partial charge in [-0.15, -0.1) is 12.4 Å². The van der Waals surface area contributed by atoms with Crippen LogP contribution in [0.4, 0.5) is 0 Å². The third kappa shape index (κ3) is 5.34. The highest BCUT2D eigenvalue weighted by atomic mass is 35.5. The number of nitrogens with one attached hydrogen (secondary N) is 3. The van der Waals surface area contributed by atoms with E-state index in [4.69, 9.17) is 4.74 Å². The van der Waals surface area contributed by atoms with Gasteiger partial charge in [0.25, 0.3) is 0 Å². The summed E-state index contributed by atoms with van der Waals surface area (Å²) in [6.07, 6.45) is 3.94. The number of carbonyl (C=O) groups excluding carboxylic acids is 1. The smallest absolute Gasteiger partial charge is 0.224 e. The van der Waals surface area contributed by atoms with Gasteiger partial charge in [-0.2, -0.15) is 0 Å². The SMILES string of the molecule is COCCNCCNC(=O)Cc1c[nH]c2ncccc12.Cl. The number of nitrogens with zero attached hydrogens (tertiary/aromatic N) is 1. The van der Waals surface area contributed by atoms with E-state index in [9.17, 15) is 4.79 Å². The molecule has 6 nitrogen and oxygen atoms in total. The van der Waals surface area contributed by atoms with Crippen LogP contribution in [0.1, 0.15) is 5.56 Å². The summed E-state index contributed by atoms with van der Waals surface area (Å²) in [7, 11) is 1.67. The van der Waals surface area contributed by atoms with Crippen LogP contribution < -0.4 is 10.6 Å². The van der Waals surface area contributed by atoms with E-state index in [2.05, 4.69) is 20.6 Å². The van der Waals surface area contributed by atoms with Gasteiger partial charge in [-0.1, -0.05) is 0 Å². The zero-order valence-corrected chi connectivity index (χ0v) is 12.8. The van der Waals surface area contributed by atoms with E-state index >= 15 is 0 Å². The van der Waals surface area contributed by atoms with E-state index in [1.165, 1.54) is 0 Å². The fourth-order valence-electron chi connectivity index (χ4n) is 1.98. The van der Waals surface area contributed by atoms with Crippen molar-refractivity contribution in [2.75, 3.05) is 33.4 Å². The van der Waals surface area contributed by atoms with Crippen molar-refractivity contribution in [1.82, 2.24) is 20.6 Å². The van der Waals surface area contributed by atoms with Gasteiger partial charge in [0, 0.05) is 44.5 Å². The van der Waals surface area contributed by atoms with Gasteiger partial charge in [0.2, 0.25) is 5.91 Å². The summed E-state index contributed by atoms with van der Waals surface area (Å²) in [6, 6.07) is 3.84. The summed E-state index contributed by atoms with van der Waals surface area (Å²) >= 11 is 0. The zero-order valence-electron chi connectivity index (χ0n) is 12.0. The first-order chi connectivity index (χ1) is 9.81. The third-order valence-corrected chi connectivity index (χ3v) is 2.99. The Morgan fingerprint density at radius 1 is 1.38 bits per heavy atom. The topological polar surface area (TPSA) is 79.0 Å². The lowest BCUT2D eigenvalue weighted by Crippen LogP contribution is -2.33. The van der Waals surface area contributed by atoms with Crippen molar-refractivity contribution in [2.45, 2.75) is 6.42 Å². The van der Waals surface area contributed by atoms with Crippen molar-refractivity contribution >= 4 is 29.3 Å². The Bertz CT molecular complexity index is 559. The second kappa shape index (κ2) is 9.33. The summed E-state index contributed by atoms with van der Waals surface area (Å²) in [5.74, 6) is 0.0169. The first kappa shape index (κ1) is 17.4. The Morgan fingerprint density at radius 3 is 3.05 bits per heavy atom. The van der Waals surface area contributed by atoms with E-state index in [0.717, 1.165) is 29.7 Å². The zero-order chi connectivity index (χ0) is 14.2. The normalized spacial score (nSPS) is 10.3. The van der Waals surface area contributed by atoms with Crippen LogP contribution in [-0.4, -0.2) is 49.2 Å². The van der Waals surface area contributed by atoms with E-state index in [1.807, 2.05) is 18.3 Å². The van der Waals surface area contributed by atoms with Crippen LogP contribution in [0.15, 0.2) is 24.5 Å². The summed E-state index contributed by atoms with van der Waals surface area (Å²) in [4.78, 5) is 19.1. The average molecular weight is 313 g/mol. The number of aromatic nitrogens is 2. The van der Waals surface area contributed by atoms with E-state index in [0.29, 0.717) is 19.6 Å². The number of amides is 1. The fraction of sp³-hybridized carbons (Fsp3) is 0.429. The molecule has 116 valence electrons. The van der Waals surface area contributed by atoms with Crippen molar-refractivity contribution in [3.63, 3.8) is 0 Å². The monoisotopic (exact) mass is 312 g/mol. The van der Waals surface area contributed by atoms with Gasteiger partial charge >= 0.3 is 0 Å². The lowest BCUT2D eigenvalue weighted by atomic mass is 10.1. The van der Waals surface area contributed by atoms with Gasteiger partial charge in [0.05, 0.1) is 13.0 Å². The molecule has 7 heteroatoms. The molecular formula is C14H21ClN4O2. The van der Waals surface area contributed by atoms with Crippen molar-refractivity contribution < 1.29 is 9.53 Å². The Labute approximate surface area is 130 Å². The maximum Gasteiger partial charge on any atom is 0.224 e. The fourth-order valence-corrected chi connectivity index (χ4v) is 1.98. The molecule has 2 aromatic rings. The number of hydrogen-bond donors (Lipinski definition) is 3. The standard InChI is InChI=1S/C14H20N4O2.ClH/c1-20-8-7-15-5-6-16-13(19)9-11-10-18-14-12(11)3-2-4-17-14;/h2-4,10,15H,5-9H2,1H3,(H,16,19)(H,17,18);1H. The molecule has 0 bridgehead atoms. The second-order valence-electron chi connectivity index (χ2n) is 4.48. The molecule has 0 fully saturated rings. The van der Waals surface area contributed by atoms with Gasteiger partial charge in [0.15, 0.2) is 0 Å². The minimum atomic E-state index is 0. The van der Waals surface area contributed by atoms with Crippen LogP contribution >= 0.6 is 12.4 Å². The first-order valence-electron chi connectivity index (χ1n) is 6.68. The molecular weight excluding hydrogens is 292 g/mol. The third-order valence-electron chi connectivity index (χ3n) is 2.99. The highest BCUT2D eigenvalue weighted by molar-refractivity contribution is 5.87. The largest absolute Gasteiger partial charge is 0.383 e. The maximum atomic E-state index is 11.8. The molecule has 0 atom stereocenters. The summed E-state index contributed by atoms with van der Waals surface area (Å²) < 4.78 is 4.92. The predicted octanol–water partition coefficient (Wildman–Crippen LogP) is 0.879. The Morgan fingerprint density at radius 2 is 2.24 bits per heavy atom. The lowest BCUT2D eigenvalue weighted by Gasteiger charge is -2.06. The number of methoxy groups -OCH3 is 1. The number of ether oxygens (including phenoxy) is 1. The molecule has 0 radical (unpaired) electrons. The Kier molecular flexibility index (Phi) is 7.74. The minimum Gasteiger partial charge on any atom is -0.383 e. The second-order valence-corrected chi connectivity index (χ2v) is 4.48. The molecule has 2 rings (SSSR count). The van der Waals surface area contributed by atoms with E-state index in [-0.39, 0.29) is 18.3 Å². The molecule has 2 aromatic heterocycles. The molecule has 0 saturated heterocycles. The van der Waals surface area contributed by atoms with Gasteiger partial charge < -0.3 is 20.4 Å². The summed E-state index contributed by atoms with van der Waals surface area (Å²) in [5, 5.41) is 7.06. The van der Waals surface area contributed by atoms with Crippen molar-refractivity contribution in [2.24, 2.45) is 0 Å². The number of halogens is 1. The number of H-pyrrole nitrogens is 1. The molecule has 2 heterocycles. The molecule has 0 aliphatic rings. The quantitative estimate of drug-likeness (QED) is 0.632. The molecule has 1 amide bonds. The molecule has 0 spiro atoms. The number of fused-ring (bicyclic) bond motifs is 1. The number of carbonyl (C=O) groups is 1. The molecule has 21 heavy (non-hydrogen) atoms. The molecule has 0 aromatic carbocycles. The average Bonchev–Trinajstić information content (AvgIpc) is 2.86. The molecule has 0 aliphatic heterocycles. The molecule has 0 saturated carbocycles.